The van der Waals surface area contributed by atoms with E-state index in [2.05, 4.69) is 0 Å². The summed E-state index contributed by atoms with van der Waals surface area (Å²) in [4.78, 5) is 0. The number of hydrogen-bond acceptors (Lipinski definition) is 4. The van der Waals surface area contributed by atoms with Crippen LogP contribution in [0.25, 0.3) is 0 Å². The first-order valence-electron chi connectivity index (χ1n) is 7.64. The summed E-state index contributed by atoms with van der Waals surface area (Å²) in [6, 6.07) is 7.70. The van der Waals surface area contributed by atoms with Crippen LogP contribution in [0.15, 0.2) is 24.3 Å². The first kappa shape index (κ1) is 14.8. The summed E-state index contributed by atoms with van der Waals surface area (Å²) >= 11 is 0. The Morgan fingerprint density at radius 3 is 2.67 bits per heavy atom. The van der Waals surface area contributed by atoms with Crippen molar-refractivity contribution in [1.29, 1.82) is 0 Å². The van der Waals surface area contributed by atoms with Gasteiger partial charge in [-0.25, -0.2) is 0 Å². The summed E-state index contributed by atoms with van der Waals surface area (Å²) in [5.41, 5.74) is -0.102. The molecule has 2 heterocycles. The molecule has 1 N–H and O–H groups in total. The monoisotopic (exact) mass is 292 g/mol. The number of ether oxygens (including phenoxy) is 3. The Balaban J connectivity index is 1.79. The van der Waals surface area contributed by atoms with Crippen LogP contribution in [-0.4, -0.2) is 37.6 Å². The largest absolute Gasteiger partial charge is 0.497 e. The van der Waals surface area contributed by atoms with Crippen molar-refractivity contribution in [3.63, 3.8) is 0 Å². The minimum Gasteiger partial charge on any atom is -0.497 e. The fourth-order valence-corrected chi connectivity index (χ4v) is 3.54. The molecular weight excluding hydrogens is 268 g/mol. The molecule has 2 aliphatic rings. The van der Waals surface area contributed by atoms with E-state index in [1.165, 1.54) is 0 Å². The predicted octanol–water partition coefficient (Wildman–Crippen LogP) is 2.49. The van der Waals surface area contributed by atoms with Gasteiger partial charge in [0.05, 0.1) is 24.9 Å². The minimum absolute atomic E-state index is 0.181. The van der Waals surface area contributed by atoms with Gasteiger partial charge in [-0.2, -0.15) is 0 Å². The molecule has 0 amide bonds. The van der Waals surface area contributed by atoms with Crippen molar-refractivity contribution < 1.29 is 19.3 Å². The second kappa shape index (κ2) is 5.59. The van der Waals surface area contributed by atoms with E-state index < -0.39 is 5.60 Å². The molecule has 0 aromatic heterocycles. The molecule has 1 spiro atoms. The number of aliphatic hydroxyl groups is 1. The number of benzene rings is 1. The molecule has 1 aromatic carbocycles. The molecule has 4 heteroatoms. The minimum atomic E-state index is -0.856. The van der Waals surface area contributed by atoms with Crippen molar-refractivity contribution in [2.75, 3.05) is 26.9 Å². The lowest BCUT2D eigenvalue weighted by Crippen LogP contribution is -2.46. The highest BCUT2D eigenvalue weighted by atomic mass is 16.6. The fraction of sp³-hybridized carbons (Fsp3) is 0.647. The summed E-state index contributed by atoms with van der Waals surface area (Å²) in [7, 11) is 1.65. The van der Waals surface area contributed by atoms with Crippen LogP contribution in [0.1, 0.15) is 31.7 Å². The number of hydrogen-bond donors (Lipinski definition) is 1. The standard InChI is InChI=1S/C17H24O4/c1-16(18,13-3-5-15(19-2)6-4-13)14-7-9-21-17(11-14)8-10-20-12-17/h3-6,14,18H,7-12H2,1-2H3. The van der Waals surface area contributed by atoms with Gasteiger partial charge in [-0.05, 0) is 43.4 Å². The first-order chi connectivity index (χ1) is 10.1. The molecule has 0 saturated carbocycles. The molecule has 3 atom stereocenters. The van der Waals surface area contributed by atoms with Crippen molar-refractivity contribution in [2.45, 2.75) is 37.4 Å². The van der Waals surface area contributed by atoms with Crippen LogP contribution in [-0.2, 0) is 15.1 Å². The molecule has 0 bridgehead atoms. The molecule has 21 heavy (non-hydrogen) atoms. The lowest BCUT2D eigenvalue weighted by Gasteiger charge is -2.43. The Hall–Kier alpha value is -1.10. The zero-order chi connectivity index (χ0) is 14.9. The second-order valence-electron chi connectivity index (χ2n) is 6.40. The fourth-order valence-electron chi connectivity index (χ4n) is 3.54. The van der Waals surface area contributed by atoms with Gasteiger partial charge in [-0.1, -0.05) is 12.1 Å². The summed E-state index contributed by atoms with van der Waals surface area (Å²) in [5.74, 6) is 0.989. The van der Waals surface area contributed by atoms with Crippen LogP contribution in [0.3, 0.4) is 0 Å². The third kappa shape index (κ3) is 2.80. The normalized spacial score (nSPS) is 32.0. The van der Waals surface area contributed by atoms with Crippen molar-refractivity contribution in [1.82, 2.24) is 0 Å². The molecule has 116 valence electrons. The molecule has 3 unspecified atom stereocenters. The SMILES string of the molecule is COc1ccc(C(C)(O)C2CCOC3(CCOC3)C2)cc1. The third-order valence-corrected chi connectivity index (χ3v) is 5.03. The Labute approximate surface area is 126 Å². The Kier molecular flexibility index (Phi) is 3.95. The summed E-state index contributed by atoms with van der Waals surface area (Å²) in [6.07, 6.45) is 2.66. The number of methoxy groups -OCH3 is 1. The summed E-state index contributed by atoms with van der Waals surface area (Å²) < 4.78 is 16.7. The van der Waals surface area contributed by atoms with E-state index in [-0.39, 0.29) is 11.5 Å². The molecule has 2 fully saturated rings. The smallest absolute Gasteiger partial charge is 0.118 e. The van der Waals surface area contributed by atoms with Gasteiger partial charge in [0.2, 0.25) is 0 Å². The van der Waals surface area contributed by atoms with Crippen LogP contribution in [0, 0.1) is 5.92 Å². The van der Waals surface area contributed by atoms with E-state index in [0.29, 0.717) is 13.2 Å². The van der Waals surface area contributed by atoms with Gasteiger partial charge in [0, 0.05) is 19.6 Å². The molecule has 0 radical (unpaired) electrons. The average Bonchev–Trinajstić information content (AvgIpc) is 2.95. The predicted molar refractivity (Wildman–Crippen MR) is 79.4 cm³/mol. The Morgan fingerprint density at radius 2 is 2.05 bits per heavy atom. The maximum atomic E-state index is 11.1. The number of rotatable bonds is 3. The molecular formula is C17H24O4. The molecule has 1 aromatic rings. The molecule has 0 aliphatic carbocycles. The highest BCUT2D eigenvalue weighted by Gasteiger charge is 2.46. The van der Waals surface area contributed by atoms with Crippen LogP contribution in [0.4, 0.5) is 0 Å². The van der Waals surface area contributed by atoms with E-state index >= 15 is 0 Å². The van der Waals surface area contributed by atoms with Gasteiger partial charge < -0.3 is 19.3 Å². The van der Waals surface area contributed by atoms with Crippen molar-refractivity contribution in [3.8, 4) is 5.75 Å². The van der Waals surface area contributed by atoms with Gasteiger partial charge in [-0.3, -0.25) is 0 Å². The van der Waals surface area contributed by atoms with Crippen LogP contribution < -0.4 is 4.74 Å². The van der Waals surface area contributed by atoms with Crippen LogP contribution >= 0.6 is 0 Å². The average molecular weight is 292 g/mol. The zero-order valence-corrected chi connectivity index (χ0v) is 12.8. The van der Waals surface area contributed by atoms with E-state index in [1.54, 1.807) is 7.11 Å². The lowest BCUT2D eigenvalue weighted by molar-refractivity contribution is -0.140. The summed E-state index contributed by atoms with van der Waals surface area (Å²) in [6.45, 7) is 4.02. The van der Waals surface area contributed by atoms with Crippen LogP contribution in [0.5, 0.6) is 5.75 Å². The maximum Gasteiger partial charge on any atom is 0.118 e. The van der Waals surface area contributed by atoms with Gasteiger partial charge >= 0.3 is 0 Å². The van der Waals surface area contributed by atoms with E-state index in [9.17, 15) is 5.11 Å². The third-order valence-electron chi connectivity index (χ3n) is 5.03. The molecule has 2 aliphatic heterocycles. The Morgan fingerprint density at radius 1 is 1.29 bits per heavy atom. The highest BCUT2D eigenvalue weighted by Crippen LogP contribution is 2.43. The zero-order valence-electron chi connectivity index (χ0n) is 12.8. The summed E-state index contributed by atoms with van der Waals surface area (Å²) in [5, 5.41) is 11.1. The quantitative estimate of drug-likeness (QED) is 0.930. The molecule has 3 rings (SSSR count). The van der Waals surface area contributed by atoms with Crippen molar-refractivity contribution in [2.24, 2.45) is 5.92 Å². The van der Waals surface area contributed by atoms with Gasteiger partial charge in [-0.15, -0.1) is 0 Å². The van der Waals surface area contributed by atoms with E-state index in [4.69, 9.17) is 14.2 Å². The van der Waals surface area contributed by atoms with Gasteiger partial charge in [0.15, 0.2) is 0 Å². The van der Waals surface area contributed by atoms with Gasteiger partial charge in [0.25, 0.3) is 0 Å². The topological polar surface area (TPSA) is 47.9 Å². The maximum absolute atomic E-state index is 11.1. The van der Waals surface area contributed by atoms with E-state index in [0.717, 1.165) is 37.2 Å². The van der Waals surface area contributed by atoms with Crippen molar-refractivity contribution in [3.05, 3.63) is 29.8 Å². The lowest BCUT2D eigenvalue weighted by atomic mass is 9.73. The highest BCUT2D eigenvalue weighted by molar-refractivity contribution is 5.31. The molecule has 4 nitrogen and oxygen atoms in total. The first-order valence-corrected chi connectivity index (χ1v) is 7.64. The second-order valence-corrected chi connectivity index (χ2v) is 6.40. The van der Waals surface area contributed by atoms with Crippen molar-refractivity contribution >= 4 is 0 Å². The van der Waals surface area contributed by atoms with E-state index in [1.807, 2.05) is 31.2 Å². The Bertz CT molecular complexity index is 474. The van der Waals surface area contributed by atoms with Gasteiger partial charge in [0.1, 0.15) is 5.75 Å². The molecule has 2 saturated heterocycles. The van der Waals surface area contributed by atoms with Crippen LogP contribution in [0.2, 0.25) is 0 Å².